The zero-order chi connectivity index (χ0) is 19.8. The van der Waals surface area contributed by atoms with E-state index in [9.17, 15) is 0 Å². The number of guanidine groups is 1. The largest absolute Gasteiger partial charge is 0.381 e. The van der Waals surface area contributed by atoms with Crippen LogP contribution in [0.15, 0.2) is 35.5 Å². The molecule has 3 rings (SSSR count). The van der Waals surface area contributed by atoms with Gasteiger partial charge in [0.15, 0.2) is 5.96 Å². The van der Waals surface area contributed by atoms with Crippen LogP contribution in [0.3, 0.4) is 0 Å². The van der Waals surface area contributed by atoms with Crippen LogP contribution >= 0.6 is 46.9 Å². The maximum atomic E-state index is 6.54. The fourth-order valence-corrected chi connectivity index (χ4v) is 4.78. The van der Waals surface area contributed by atoms with E-state index in [1.54, 1.807) is 18.4 Å². The summed E-state index contributed by atoms with van der Waals surface area (Å²) in [5, 5.41) is 8.91. The van der Waals surface area contributed by atoms with Crippen molar-refractivity contribution in [3.05, 3.63) is 50.9 Å². The van der Waals surface area contributed by atoms with Crippen molar-refractivity contribution in [3.8, 4) is 0 Å². The summed E-state index contributed by atoms with van der Waals surface area (Å²) in [5.41, 5.74) is 1.15. The third-order valence-electron chi connectivity index (χ3n) is 5.29. The molecule has 1 saturated heterocycles. The van der Waals surface area contributed by atoms with E-state index in [2.05, 4.69) is 39.7 Å². The molecule has 1 aromatic carbocycles. The minimum Gasteiger partial charge on any atom is -0.381 e. The molecule has 0 bridgehead atoms. The van der Waals surface area contributed by atoms with Gasteiger partial charge in [-0.15, -0.1) is 35.3 Å². The number of benzene rings is 1. The molecule has 1 aliphatic rings. The van der Waals surface area contributed by atoms with Crippen LogP contribution in [0.2, 0.25) is 5.02 Å². The Labute approximate surface area is 199 Å². The highest BCUT2D eigenvalue weighted by molar-refractivity contribution is 14.0. The lowest BCUT2D eigenvalue weighted by molar-refractivity contribution is 0.0514. The molecule has 0 amide bonds. The molecule has 29 heavy (non-hydrogen) atoms. The Kier molecular flexibility index (Phi) is 10.1. The zero-order valence-electron chi connectivity index (χ0n) is 17.0. The first-order valence-corrected chi connectivity index (χ1v) is 11.1. The van der Waals surface area contributed by atoms with E-state index in [-0.39, 0.29) is 29.4 Å². The maximum Gasteiger partial charge on any atom is 0.191 e. The summed E-state index contributed by atoms with van der Waals surface area (Å²) in [4.78, 5) is 10.2. The van der Waals surface area contributed by atoms with E-state index in [4.69, 9.17) is 16.3 Å². The summed E-state index contributed by atoms with van der Waals surface area (Å²) in [5.74, 6) is 0.810. The highest BCUT2D eigenvalue weighted by atomic mass is 127. The van der Waals surface area contributed by atoms with Crippen molar-refractivity contribution in [2.45, 2.75) is 38.0 Å². The van der Waals surface area contributed by atoms with E-state index in [1.165, 1.54) is 10.4 Å². The van der Waals surface area contributed by atoms with Crippen molar-refractivity contribution in [2.24, 2.45) is 4.99 Å². The molecule has 0 unspecified atom stereocenters. The number of hydrogen-bond acceptors (Lipinski definition) is 4. The Balaban J connectivity index is 0.00000300. The van der Waals surface area contributed by atoms with Crippen LogP contribution in [0.4, 0.5) is 0 Å². The van der Waals surface area contributed by atoms with Crippen LogP contribution in [-0.2, 0) is 23.0 Å². The molecule has 1 fully saturated rings. The minimum atomic E-state index is -0.0421. The standard InChI is InChI=1S/C21H29ClN4OS.HI/c1-3-16-14-25-19(28-16)8-11-24-20(23-2)26-15-21(9-12-27-13-10-21)17-6-4-5-7-18(17)22;/h4-7,14H,3,8-13,15H2,1-2H3,(H2,23,24,26);1H. The average Bonchev–Trinajstić information content (AvgIpc) is 3.19. The number of nitrogens with one attached hydrogen (secondary N) is 2. The third-order valence-corrected chi connectivity index (χ3v) is 6.83. The second-order valence-corrected chi connectivity index (χ2v) is 8.66. The maximum absolute atomic E-state index is 6.54. The number of nitrogens with zero attached hydrogens (tertiary/aromatic N) is 2. The van der Waals surface area contributed by atoms with Gasteiger partial charge >= 0.3 is 0 Å². The Morgan fingerprint density at radius 3 is 2.69 bits per heavy atom. The van der Waals surface area contributed by atoms with E-state index in [0.29, 0.717) is 0 Å². The van der Waals surface area contributed by atoms with E-state index in [0.717, 1.165) is 68.0 Å². The topological polar surface area (TPSA) is 58.5 Å². The smallest absolute Gasteiger partial charge is 0.191 e. The lowest BCUT2D eigenvalue weighted by atomic mass is 9.74. The summed E-state index contributed by atoms with van der Waals surface area (Å²) >= 11 is 8.33. The number of aryl methyl sites for hydroxylation is 1. The molecule has 0 spiro atoms. The minimum absolute atomic E-state index is 0. The summed E-state index contributed by atoms with van der Waals surface area (Å²) < 4.78 is 5.62. The van der Waals surface area contributed by atoms with E-state index < -0.39 is 0 Å². The van der Waals surface area contributed by atoms with Gasteiger partial charge in [0.25, 0.3) is 0 Å². The first kappa shape index (κ1) is 24.4. The fraction of sp³-hybridized carbons (Fsp3) is 0.524. The predicted molar refractivity (Wildman–Crippen MR) is 133 cm³/mol. The van der Waals surface area contributed by atoms with Crippen molar-refractivity contribution >= 4 is 52.9 Å². The Morgan fingerprint density at radius 2 is 2.03 bits per heavy atom. The van der Waals surface area contributed by atoms with Crippen molar-refractivity contribution < 1.29 is 4.74 Å². The Bertz CT molecular complexity index is 792. The number of aromatic nitrogens is 1. The van der Waals surface area contributed by atoms with Gasteiger partial charge in [0.1, 0.15) is 0 Å². The average molecular weight is 549 g/mol. The Hall–Kier alpha value is -0.900. The molecule has 1 aromatic heterocycles. The zero-order valence-corrected chi connectivity index (χ0v) is 20.9. The van der Waals surface area contributed by atoms with Crippen molar-refractivity contribution in [1.82, 2.24) is 15.6 Å². The second-order valence-electron chi connectivity index (χ2n) is 7.05. The molecular formula is C21H30ClIN4OS. The van der Waals surface area contributed by atoms with Gasteiger partial charge in [0, 0.05) is 61.3 Å². The van der Waals surface area contributed by atoms with Gasteiger partial charge in [-0.3, -0.25) is 4.99 Å². The number of aliphatic imine (C=N–C) groups is 1. The van der Waals surface area contributed by atoms with Crippen LogP contribution in [0.1, 0.15) is 35.2 Å². The fourth-order valence-electron chi connectivity index (χ4n) is 3.58. The summed E-state index contributed by atoms with van der Waals surface area (Å²) in [6.07, 6.45) is 5.81. The second kappa shape index (κ2) is 12.1. The SMILES string of the molecule is CCc1cnc(CCNC(=NC)NCC2(c3ccccc3Cl)CCOCC2)s1.I. The molecule has 2 N–H and O–H groups in total. The van der Waals surface area contributed by atoms with E-state index >= 15 is 0 Å². The van der Waals surface area contributed by atoms with Gasteiger partial charge in [-0.25, -0.2) is 4.98 Å². The molecule has 160 valence electrons. The molecule has 2 heterocycles. The summed E-state index contributed by atoms with van der Waals surface area (Å²) in [7, 11) is 1.81. The van der Waals surface area contributed by atoms with Crippen LogP contribution in [0, 0.1) is 0 Å². The van der Waals surface area contributed by atoms with Crippen LogP contribution < -0.4 is 10.6 Å². The summed E-state index contributed by atoms with van der Waals surface area (Å²) in [6, 6.07) is 8.15. The number of hydrogen-bond donors (Lipinski definition) is 2. The molecule has 1 aliphatic heterocycles. The predicted octanol–water partition coefficient (Wildman–Crippen LogP) is 4.43. The van der Waals surface area contributed by atoms with Gasteiger partial charge in [0.05, 0.1) is 5.01 Å². The lowest BCUT2D eigenvalue weighted by Gasteiger charge is -2.38. The van der Waals surface area contributed by atoms with Crippen molar-refractivity contribution in [2.75, 3.05) is 33.4 Å². The molecule has 2 aromatic rings. The molecule has 8 heteroatoms. The monoisotopic (exact) mass is 548 g/mol. The van der Waals surface area contributed by atoms with Gasteiger partial charge in [-0.2, -0.15) is 0 Å². The number of rotatable bonds is 7. The molecule has 5 nitrogen and oxygen atoms in total. The summed E-state index contributed by atoms with van der Waals surface area (Å²) in [6.45, 7) is 5.24. The first-order valence-electron chi connectivity index (χ1n) is 9.88. The Morgan fingerprint density at radius 1 is 1.28 bits per heavy atom. The quantitative estimate of drug-likeness (QED) is 0.305. The molecule has 0 aliphatic carbocycles. The number of thiazole rings is 1. The van der Waals surface area contributed by atoms with Crippen molar-refractivity contribution in [1.29, 1.82) is 0 Å². The number of ether oxygens (including phenoxy) is 1. The van der Waals surface area contributed by atoms with E-state index in [1.807, 2.05) is 18.3 Å². The third kappa shape index (κ3) is 6.54. The number of halogens is 2. The highest BCUT2D eigenvalue weighted by Gasteiger charge is 2.36. The first-order chi connectivity index (χ1) is 13.7. The lowest BCUT2D eigenvalue weighted by Crippen LogP contribution is -2.48. The van der Waals surface area contributed by atoms with Gasteiger partial charge in [0.2, 0.25) is 0 Å². The highest BCUT2D eigenvalue weighted by Crippen LogP contribution is 2.38. The molecular weight excluding hydrogens is 519 g/mol. The molecule has 0 saturated carbocycles. The molecule has 0 radical (unpaired) electrons. The normalized spacial score (nSPS) is 16.2. The van der Waals surface area contributed by atoms with Crippen LogP contribution in [0.5, 0.6) is 0 Å². The van der Waals surface area contributed by atoms with Gasteiger partial charge < -0.3 is 15.4 Å². The van der Waals surface area contributed by atoms with Crippen LogP contribution in [-0.4, -0.2) is 44.3 Å². The van der Waals surface area contributed by atoms with Gasteiger partial charge in [-0.1, -0.05) is 36.7 Å². The van der Waals surface area contributed by atoms with Crippen LogP contribution in [0.25, 0.3) is 0 Å². The van der Waals surface area contributed by atoms with Crippen molar-refractivity contribution in [3.63, 3.8) is 0 Å². The van der Waals surface area contributed by atoms with Gasteiger partial charge in [-0.05, 0) is 30.9 Å². The molecule has 0 atom stereocenters.